The quantitative estimate of drug-likeness (QED) is 0.451. The molecule has 0 radical (unpaired) electrons. The summed E-state index contributed by atoms with van der Waals surface area (Å²) in [4.78, 5) is 0. The first-order chi connectivity index (χ1) is 6.31. The Hall–Kier alpha value is -0.300. The molecule has 0 aromatic heterocycles. The van der Waals surface area contributed by atoms with Gasteiger partial charge in [0.2, 0.25) is 0 Å². The minimum atomic E-state index is 0.196. The molecule has 0 heterocycles. The minimum absolute atomic E-state index is 0.196. The Morgan fingerprint density at radius 1 is 1.08 bits per heavy atom. The van der Waals surface area contributed by atoms with Crippen LogP contribution < -0.4 is 0 Å². The molecule has 0 amide bonds. The highest BCUT2D eigenvalue weighted by atomic mass is 16.2. The van der Waals surface area contributed by atoms with E-state index in [1.165, 1.54) is 44.1 Å². The topological polar surface area (TPSA) is 20.2 Å². The highest BCUT2D eigenvalue weighted by molar-refractivity contribution is 4.97. The smallest absolute Gasteiger partial charge is 0.0614 e. The molecule has 0 unspecified atom stereocenters. The van der Waals surface area contributed by atoms with Gasteiger partial charge < -0.3 is 5.11 Å². The molecular weight excluding hydrogens is 160 g/mol. The fourth-order valence-corrected chi connectivity index (χ4v) is 1.44. The first-order valence-corrected chi connectivity index (χ1v) is 5.57. The molecule has 1 nitrogen and oxygen atoms in total. The number of hydrogen-bond acceptors (Lipinski definition) is 1. The van der Waals surface area contributed by atoms with Crippen LogP contribution in [0.2, 0.25) is 0 Å². The normalized spacial score (nSPS) is 12.1. The highest BCUT2D eigenvalue weighted by Crippen LogP contribution is 2.10. The monoisotopic (exact) mass is 184 g/mol. The van der Waals surface area contributed by atoms with Crippen LogP contribution in [0, 0.1) is 0 Å². The van der Waals surface area contributed by atoms with Gasteiger partial charge >= 0.3 is 0 Å². The Balaban J connectivity index is 3.11. The first-order valence-electron chi connectivity index (χ1n) is 5.57. The van der Waals surface area contributed by atoms with Gasteiger partial charge in [-0.3, -0.25) is 0 Å². The van der Waals surface area contributed by atoms with E-state index in [1.54, 1.807) is 0 Å². The van der Waals surface area contributed by atoms with Crippen molar-refractivity contribution in [3.8, 4) is 0 Å². The highest BCUT2D eigenvalue weighted by Gasteiger charge is 1.91. The Morgan fingerprint density at radius 3 is 2.31 bits per heavy atom. The maximum absolute atomic E-state index is 8.63. The maximum Gasteiger partial charge on any atom is 0.0614 e. The molecule has 1 N–H and O–H groups in total. The predicted molar refractivity (Wildman–Crippen MR) is 58.8 cm³/mol. The predicted octanol–water partition coefficient (Wildman–Crippen LogP) is 3.68. The number of aliphatic hydroxyl groups excluding tert-OH is 1. The lowest BCUT2D eigenvalue weighted by Gasteiger charge is -2.01. The van der Waals surface area contributed by atoms with Crippen molar-refractivity contribution in [1.82, 2.24) is 0 Å². The number of rotatable bonds is 8. The van der Waals surface area contributed by atoms with Crippen LogP contribution in [0.15, 0.2) is 11.6 Å². The number of hydrogen-bond donors (Lipinski definition) is 1. The van der Waals surface area contributed by atoms with Gasteiger partial charge in [0.05, 0.1) is 6.61 Å². The third kappa shape index (κ3) is 9.62. The van der Waals surface area contributed by atoms with Gasteiger partial charge in [-0.2, -0.15) is 0 Å². The molecule has 0 bridgehead atoms. The van der Waals surface area contributed by atoms with Crippen molar-refractivity contribution in [3.63, 3.8) is 0 Å². The van der Waals surface area contributed by atoms with Crippen LogP contribution >= 0.6 is 0 Å². The lowest BCUT2D eigenvalue weighted by molar-refractivity contribution is 0.341. The van der Waals surface area contributed by atoms with Gasteiger partial charge in [0.15, 0.2) is 0 Å². The molecule has 0 aliphatic rings. The zero-order valence-corrected chi connectivity index (χ0v) is 9.18. The zero-order valence-electron chi connectivity index (χ0n) is 9.18. The average Bonchev–Trinajstić information content (AvgIpc) is 2.11. The second kappa shape index (κ2) is 9.79. The van der Waals surface area contributed by atoms with Crippen molar-refractivity contribution in [2.75, 3.05) is 6.61 Å². The van der Waals surface area contributed by atoms with E-state index in [0.29, 0.717) is 0 Å². The molecule has 0 fully saturated rings. The minimum Gasteiger partial charge on any atom is -0.392 e. The Labute approximate surface area is 82.9 Å². The zero-order chi connectivity index (χ0) is 9.94. The van der Waals surface area contributed by atoms with Gasteiger partial charge in [-0.15, -0.1) is 0 Å². The third-order valence-electron chi connectivity index (χ3n) is 2.36. The molecule has 0 rings (SSSR count). The number of allylic oxidation sites excluding steroid dienone is 1. The van der Waals surface area contributed by atoms with Gasteiger partial charge in [-0.05, 0) is 19.8 Å². The molecule has 78 valence electrons. The molecule has 0 aliphatic carbocycles. The SMILES string of the molecule is CCCCCCCC/C(C)=C/CO. The fourth-order valence-electron chi connectivity index (χ4n) is 1.44. The molecule has 13 heavy (non-hydrogen) atoms. The van der Waals surface area contributed by atoms with Crippen molar-refractivity contribution in [2.24, 2.45) is 0 Å². The van der Waals surface area contributed by atoms with Crippen molar-refractivity contribution in [1.29, 1.82) is 0 Å². The van der Waals surface area contributed by atoms with Crippen LogP contribution in [0.1, 0.15) is 58.8 Å². The van der Waals surface area contributed by atoms with Crippen molar-refractivity contribution in [3.05, 3.63) is 11.6 Å². The van der Waals surface area contributed by atoms with Crippen LogP contribution in [0.5, 0.6) is 0 Å². The van der Waals surface area contributed by atoms with Gasteiger partial charge in [0.25, 0.3) is 0 Å². The largest absolute Gasteiger partial charge is 0.392 e. The summed E-state index contributed by atoms with van der Waals surface area (Å²) in [6.07, 6.45) is 11.2. The van der Waals surface area contributed by atoms with Crippen molar-refractivity contribution < 1.29 is 5.11 Å². The fraction of sp³-hybridized carbons (Fsp3) is 0.833. The molecule has 0 saturated heterocycles. The number of aliphatic hydroxyl groups is 1. The summed E-state index contributed by atoms with van der Waals surface area (Å²) in [5, 5.41) is 8.63. The molecule has 0 aromatic rings. The third-order valence-corrected chi connectivity index (χ3v) is 2.36. The van der Waals surface area contributed by atoms with Gasteiger partial charge in [0, 0.05) is 0 Å². The van der Waals surface area contributed by atoms with Crippen LogP contribution in [0.4, 0.5) is 0 Å². The van der Waals surface area contributed by atoms with E-state index in [0.717, 1.165) is 6.42 Å². The molecule has 1 heteroatoms. The molecule has 0 aliphatic heterocycles. The van der Waals surface area contributed by atoms with Crippen LogP contribution in [0.25, 0.3) is 0 Å². The van der Waals surface area contributed by atoms with E-state index in [2.05, 4.69) is 13.8 Å². The van der Waals surface area contributed by atoms with Gasteiger partial charge in [-0.25, -0.2) is 0 Å². The molecule has 0 spiro atoms. The lowest BCUT2D eigenvalue weighted by Crippen LogP contribution is -1.83. The Morgan fingerprint density at radius 2 is 1.69 bits per heavy atom. The maximum atomic E-state index is 8.63. The van der Waals surface area contributed by atoms with Gasteiger partial charge in [-0.1, -0.05) is 50.7 Å². The van der Waals surface area contributed by atoms with Crippen LogP contribution in [-0.4, -0.2) is 11.7 Å². The van der Waals surface area contributed by atoms with Crippen molar-refractivity contribution >= 4 is 0 Å². The van der Waals surface area contributed by atoms with E-state index < -0.39 is 0 Å². The van der Waals surface area contributed by atoms with E-state index in [9.17, 15) is 0 Å². The number of unbranched alkanes of at least 4 members (excludes halogenated alkanes) is 5. The summed E-state index contributed by atoms with van der Waals surface area (Å²) in [6, 6.07) is 0. The average molecular weight is 184 g/mol. The van der Waals surface area contributed by atoms with Crippen molar-refractivity contribution in [2.45, 2.75) is 58.8 Å². The van der Waals surface area contributed by atoms with E-state index in [-0.39, 0.29) is 6.61 Å². The molecule has 0 aromatic carbocycles. The second-order valence-corrected chi connectivity index (χ2v) is 3.75. The first kappa shape index (κ1) is 12.7. The van der Waals surface area contributed by atoms with Crippen LogP contribution in [0.3, 0.4) is 0 Å². The standard InChI is InChI=1S/C12H24O/c1-3-4-5-6-7-8-9-12(2)10-11-13/h10,13H,3-9,11H2,1-2H3/b12-10+. The Bertz CT molecular complexity index is 127. The molecule has 0 atom stereocenters. The second-order valence-electron chi connectivity index (χ2n) is 3.75. The summed E-state index contributed by atoms with van der Waals surface area (Å²) in [5.41, 5.74) is 1.33. The van der Waals surface area contributed by atoms with Gasteiger partial charge in [0.1, 0.15) is 0 Å². The Kier molecular flexibility index (Phi) is 9.56. The summed E-state index contributed by atoms with van der Waals surface area (Å²) >= 11 is 0. The molecule has 0 saturated carbocycles. The summed E-state index contributed by atoms with van der Waals surface area (Å²) < 4.78 is 0. The van der Waals surface area contributed by atoms with Crippen LogP contribution in [-0.2, 0) is 0 Å². The lowest BCUT2D eigenvalue weighted by atomic mass is 10.1. The molecular formula is C12H24O. The van der Waals surface area contributed by atoms with E-state index >= 15 is 0 Å². The summed E-state index contributed by atoms with van der Waals surface area (Å²) in [5.74, 6) is 0. The summed E-state index contributed by atoms with van der Waals surface area (Å²) in [7, 11) is 0. The summed E-state index contributed by atoms with van der Waals surface area (Å²) in [6.45, 7) is 4.54. The van der Waals surface area contributed by atoms with E-state index in [4.69, 9.17) is 5.11 Å². The van der Waals surface area contributed by atoms with E-state index in [1.807, 2.05) is 6.08 Å².